The van der Waals surface area contributed by atoms with Gasteiger partial charge in [-0.2, -0.15) is 0 Å². The molecule has 8 heterocycles. The highest BCUT2D eigenvalue weighted by Gasteiger charge is 2.70. The van der Waals surface area contributed by atoms with Crippen LogP contribution in [0.4, 0.5) is 5.82 Å². The summed E-state index contributed by atoms with van der Waals surface area (Å²) in [5, 5.41) is 1.34. The first-order valence-electron chi connectivity index (χ1n) is 16.2. The van der Waals surface area contributed by atoms with Gasteiger partial charge in [0.2, 0.25) is 0 Å². The largest absolute Gasteiger partial charge is 0.441 e. The molecule has 6 aliphatic rings. The van der Waals surface area contributed by atoms with E-state index in [0.29, 0.717) is 0 Å². The van der Waals surface area contributed by atoms with Crippen LogP contribution in [0.2, 0.25) is 0 Å². The second-order valence-electron chi connectivity index (χ2n) is 11.9. The van der Waals surface area contributed by atoms with Gasteiger partial charge in [0, 0.05) is 28.3 Å². The summed E-state index contributed by atoms with van der Waals surface area (Å²) in [7, 11) is 0. The lowest BCUT2D eigenvalue weighted by Gasteiger charge is -2.41. The van der Waals surface area contributed by atoms with Crippen LogP contribution in [0.15, 0.2) is 44.1 Å². The maximum atomic E-state index is 5.63. The molecule has 6 nitrogen and oxygen atoms in total. The molecule has 0 amide bonds. The van der Waals surface area contributed by atoms with E-state index in [4.69, 9.17) is 9.98 Å². The summed E-state index contributed by atoms with van der Waals surface area (Å²) in [6, 6.07) is 0. The summed E-state index contributed by atoms with van der Waals surface area (Å²) in [6.07, 6.45) is 12.9. The minimum absolute atomic E-state index is 0.638. The molecular formula is C35H42N6+2. The minimum atomic E-state index is -0.638. The molecule has 0 saturated heterocycles. The Morgan fingerprint density at radius 3 is 1.88 bits per heavy atom. The van der Waals surface area contributed by atoms with Gasteiger partial charge >= 0.3 is 17.6 Å². The van der Waals surface area contributed by atoms with Crippen LogP contribution in [0.25, 0.3) is 6.08 Å². The highest BCUT2D eigenvalue weighted by molar-refractivity contribution is 6.19. The Labute approximate surface area is 242 Å². The smallest absolute Gasteiger partial charge is 0.204 e. The summed E-state index contributed by atoms with van der Waals surface area (Å²) in [5.41, 5.74) is 16.6. The van der Waals surface area contributed by atoms with Gasteiger partial charge < -0.3 is 0 Å². The molecule has 2 aromatic rings. The van der Waals surface area contributed by atoms with Crippen LogP contribution in [-0.2, 0) is 31.6 Å². The fourth-order valence-electron chi connectivity index (χ4n) is 9.11. The van der Waals surface area contributed by atoms with Gasteiger partial charge in [0.05, 0.1) is 22.2 Å². The number of allylic oxidation sites excluding steroid dienone is 3. The second kappa shape index (κ2) is 8.27. The maximum absolute atomic E-state index is 5.63. The molecule has 8 rings (SSSR count). The van der Waals surface area contributed by atoms with Crippen LogP contribution in [0.3, 0.4) is 0 Å². The first-order chi connectivity index (χ1) is 20.0. The lowest BCUT2D eigenvalue weighted by Crippen LogP contribution is -2.71. The van der Waals surface area contributed by atoms with Crippen molar-refractivity contribution in [3.05, 3.63) is 72.9 Å². The lowest BCUT2D eigenvalue weighted by atomic mass is 9.97. The number of nitrogens with zero attached hydrogens (tertiary/aromatic N) is 6. The van der Waals surface area contributed by atoms with E-state index in [1.54, 1.807) is 0 Å². The van der Waals surface area contributed by atoms with E-state index in [9.17, 15) is 0 Å². The van der Waals surface area contributed by atoms with Gasteiger partial charge in [-0.15, -0.1) is 9.15 Å². The van der Waals surface area contributed by atoms with Crippen molar-refractivity contribution >= 4 is 29.3 Å². The third-order valence-electron chi connectivity index (χ3n) is 10.6. The topological polar surface area (TPSA) is 40.6 Å². The van der Waals surface area contributed by atoms with E-state index < -0.39 is 5.91 Å². The van der Waals surface area contributed by atoms with Crippen LogP contribution in [-0.4, -0.2) is 35.7 Å². The van der Waals surface area contributed by atoms with E-state index in [1.165, 1.54) is 67.0 Å². The molecule has 6 heteroatoms. The zero-order valence-electron chi connectivity index (χ0n) is 26.0. The highest BCUT2D eigenvalue weighted by Crippen LogP contribution is 2.51. The standard InChI is InChI=1S/C35H42N6/c1-9-19-23(13-5)31-36-32-25(15-7)21(11-3)29-18-30-22(12-4)26(16-8)34-37-33-24(14-6)20(10-2)28-17-27(19)38(31)35(39(28)33,40(29)32)41(30)34/h17-18H,9-16H2,1-8H3/q+2. The molecule has 0 bridgehead atoms. The van der Waals surface area contributed by atoms with Gasteiger partial charge in [-0.05, 0) is 78.6 Å². The third-order valence-corrected chi connectivity index (χ3v) is 10.6. The first kappa shape index (κ1) is 25.2. The molecule has 41 heavy (non-hydrogen) atoms. The van der Waals surface area contributed by atoms with Crippen molar-refractivity contribution in [1.82, 2.24) is 9.13 Å². The Morgan fingerprint density at radius 2 is 1.27 bits per heavy atom. The van der Waals surface area contributed by atoms with Crippen LogP contribution in [0, 0.1) is 0 Å². The molecule has 0 aliphatic carbocycles. The molecule has 0 aromatic carbocycles. The summed E-state index contributed by atoms with van der Waals surface area (Å²) in [5.74, 6) is 2.81. The zero-order chi connectivity index (χ0) is 28.5. The highest BCUT2D eigenvalue weighted by atomic mass is 15.7. The van der Waals surface area contributed by atoms with Crippen LogP contribution in [0.1, 0.15) is 109 Å². The second-order valence-corrected chi connectivity index (χ2v) is 11.9. The summed E-state index contributed by atoms with van der Waals surface area (Å²) < 4.78 is 10.5. The molecule has 6 aliphatic heterocycles. The van der Waals surface area contributed by atoms with Crippen LogP contribution < -0.4 is 10.8 Å². The van der Waals surface area contributed by atoms with Gasteiger partial charge in [0.1, 0.15) is 11.4 Å². The van der Waals surface area contributed by atoms with E-state index in [2.05, 4.69) is 85.8 Å². The normalized spacial score (nSPS) is 22.3. The van der Waals surface area contributed by atoms with E-state index in [1.807, 2.05) is 0 Å². The first-order valence-corrected chi connectivity index (χ1v) is 16.2. The predicted octanol–water partition coefficient (Wildman–Crippen LogP) is 5.50. The molecule has 2 aromatic heterocycles. The van der Waals surface area contributed by atoms with Gasteiger partial charge in [-0.25, -0.2) is 9.13 Å². The molecule has 0 fully saturated rings. The van der Waals surface area contributed by atoms with Crippen molar-refractivity contribution in [2.24, 2.45) is 9.98 Å². The van der Waals surface area contributed by atoms with Gasteiger partial charge in [-0.1, -0.05) is 55.4 Å². The number of rotatable bonds is 8. The molecule has 1 spiro atoms. The average molecular weight is 547 g/mol. The Bertz CT molecular complexity index is 1960. The van der Waals surface area contributed by atoms with Crippen molar-refractivity contribution in [3.8, 4) is 0 Å². The van der Waals surface area contributed by atoms with Crippen LogP contribution in [0.5, 0.6) is 0 Å². The van der Waals surface area contributed by atoms with Crippen LogP contribution >= 0.6 is 0 Å². The summed E-state index contributed by atoms with van der Waals surface area (Å²) >= 11 is 0. The Balaban J connectivity index is 1.70. The number of amidine groups is 2. The maximum Gasteiger partial charge on any atom is 0.441 e. The quantitative estimate of drug-likeness (QED) is 0.393. The molecular weight excluding hydrogens is 504 g/mol. The SMILES string of the molecule is CCC1=C(CC)C2=[N+]3C1=CC1=[N+]4C(=Nc5c(CC)c(CC)c6n5C43n3c(c(CC)c(CC)c3=N2)=C6)C(CC)=C1CC. The fourth-order valence-corrected chi connectivity index (χ4v) is 9.11. The number of aromatic nitrogens is 2. The average Bonchev–Trinajstić information content (AvgIpc) is 3.69. The zero-order valence-corrected chi connectivity index (χ0v) is 26.0. The predicted molar refractivity (Wildman–Crippen MR) is 165 cm³/mol. The number of hydrogen-bond donors (Lipinski definition) is 0. The van der Waals surface area contributed by atoms with Gasteiger partial charge in [-0.3, -0.25) is 0 Å². The third kappa shape index (κ3) is 2.47. The van der Waals surface area contributed by atoms with Gasteiger partial charge in [0.15, 0.2) is 0 Å². The molecule has 1 atom stereocenters. The van der Waals surface area contributed by atoms with Gasteiger partial charge in [0.25, 0.3) is 11.3 Å². The molecule has 0 saturated carbocycles. The molecule has 0 N–H and O–H groups in total. The van der Waals surface area contributed by atoms with Crippen molar-refractivity contribution in [3.63, 3.8) is 0 Å². The molecule has 210 valence electrons. The van der Waals surface area contributed by atoms with E-state index >= 15 is 0 Å². The van der Waals surface area contributed by atoms with Crippen molar-refractivity contribution in [1.29, 1.82) is 0 Å². The Morgan fingerprint density at radius 1 is 0.610 bits per heavy atom. The monoisotopic (exact) mass is 546 g/mol. The summed E-state index contributed by atoms with van der Waals surface area (Å²) in [6.45, 7) is 18.5. The molecule has 1 unspecified atom stereocenters. The minimum Gasteiger partial charge on any atom is -0.204 e. The van der Waals surface area contributed by atoms with Crippen molar-refractivity contribution in [2.45, 2.75) is 113 Å². The van der Waals surface area contributed by atoms with E-state index in [-0.39, 0.29) is 0 Å². The number of hydrogen-bond acceptors (Lipinski definition) is 2. The van der Waals surface area contributed by atoms with E-state index in [0.717, 1.165) is 74.3 Å². The Kier molecular flexibility index (Phi) is 5.08. The lowest BCUT2D eigenvalue weighted by molar-refractivity contribution is -0.816. The molecule has 0 radical (unpaired) electrons. The fraction of sp³-hybridized carbons (Fsp3) is 0.486. The summed E-state index contributed by atoms with van der Waals surface area (Å²) in [4.78, 5) is 11.3. The Hall–Kier alpha value is -3.54. The van der Waals surface area contributed by atoms with Crippen molar-refractivity contribution < 1.29 is 9.15 Å². The number of aliphatic imine (C=N–C) groups is 1. The van der Waals surface area contributed by atoms with Crippen molar-refractivity contribution in [2.75, 3.05) is 0 Å².